The van der Waals surface area contributed by atoms with E-state index in [9.17, 15) is 17.6 Å². The summed E-state index contributed by atoms with van der Waals surface area (Å²) in [4.78, 5) is 12.2. The number of carbonyl (C=O) groups is 1. The number of nitrogens with one attached hydrogen (secondary N) is 2. The van der Waals surface area contributed by atoms with E-state index < -0.39 is 21.7 Å². The summed E-state index contributed by atoms with van der Waals surface area (Å²) < 4.78 is 41.4. The molecule has 0 unspecified atom stereocenters. The molecule has 0 aliphatic heterocycles. The first-order valence-electron chi connectivity index (χ1n) is 7.79. The molecule has 2 N–H and O–H groups in total. The number of halogens is 2. The standard InChI is InChI=1S/C19H14BrFN2O3S/c20-14-4-6-17(7-5-14)23-27(25,26)18-10-8-16(9-11-18)22-19(24)13-2-1-3-15(21)12-13/h1-12,23H,(H,22,24). The molecule has 0 aliphatic carbocycles. The highest BCUT2D eigenvalue weighted by Crippen LogP contribution is 2.20. The van der Waals surface area contributed by atoms with Gasteiger partial charge in [-0.25, -0.2) is 12.8 Å². The van der Waals surface area contributed by atoms with E-state index in [4.69, 9.17) is 0 Å². The average Bonchev–Trinajstić information content (AvgIpc) is 2.64. The Hall–Kier alpha value is -2.71. The van der Waals surface area contributed by atoms with E-state index in [1.807, 2.05) is 0 Å². The van der Waals surface area contributed by atoms with Gasteiger partial charge in [0.2, 0.25) is 0 Å². The van der Waals surface area contributed by atoms with Crippen LogP contribution in [0.4, 0.5) is 15.8 Å². The van der Waals surface area contributed by atoms with Crippen molar-refractivity contribution >= 4 is 43.2 Å². The van der Waals surface area contributed by atoms with Gasteiger partial charge in [0, 0.05) is 21.4 Å². The fraction of sp³-hybridized carbons (Fsp3) is 0. The number of amides is 1. The van der Waals surface area contributed by atoms with Gasteiger partial charge in [-0.3, -0.25) is 9.52 Å². The molecular weight excluding hydrogens is 435 g/mol. The molecule has 0 saturated carbocycles. The van der Waals surface area contributed by atoms with E-state index >= 15 is 0 Å². The second kappa shape index (κ2) is 7.89. The second-order valence-electron chi connectivity index (χ2n) is 5.60. The van der Waals surface area contributed by atoms with Crippen LogP contribution in [0.1, 0.15) is 10.4 Å². The summed E-state index contributed by atoms with van der Waals surface area (Å²) in [6.45, 7) is 0. The monoisotopic (exact) mass is 448 g/mol. The predicted molar refractivity (Wildman–Crippen MR) is 106 cm³/mol. The molecule has 0 spiro atoms. The minimum Gasteiger partial charge on any atom is -0.322 e. The minimum absolute atomic E-state index is 0.0502. The molecule has 3 aromatic carbocycles. The molecule has 3 rings (SSSR count). The summed E-state index contributed by atoms with van der Waals surface area (Å²) in [5, 5.41) is 2.59. The lowest BCUT2D eigenvalue weighted by Crippen LogP contribution is -2.14. The maximum Gasteiger partial charge on any atom is 0.261 e. The van der Waals surface area contributed by atoms with Crippen LogP contribution >= 0.6 is 15.9 Å². The van der Waals surface area contributed by atoms with Gasteiger partial charge in [-0.05, 0) is 66.7 Å². The summed E-state index contributed by atoms with van der Waals surface area (Å²) in [5.74, 6) is -0.999. The highest BCUT2D eigenvalue weighted by atomic mass is 79.9. The second-order valence-corrected chi connectivity index (χ2v) is 8.20. The number of rotatable bonds is 5. The van der Waals surface area contributed by atoms with Crippen molar-refractivity contribution in [2.75, 3.05) is 10.0 Å². The predicted octanol–water partition coefficient (Wildman–Crippen LogP) is 4.64. The molecule has 138 valence electrons. The lowest BCUT2D eigenvalue weighted by Gasteiger charge is -2.10. The van der Waals surface area contributed by atoms with E-state index in [1.54, 1.807) is 24.3 Å². The van der Waals surface area contributed by atoms with Crippen LogP contribution in [0.25, 0.3) is 0 Å². The van der Waals surface area contributed by atoms with E-state index in [1.165, 1.54) is 42.5 Å². The van der Waals surface area contributed by atoms with E-state index in [-0.39, 0.29) is 10.5 Å². The third-order valence-electron chi connectivity index (χ3n) is 3.61. The van der Waals surface area contributed by atoms with Crippen LogP contribution in [0, 0.1) is 5.82 Å². The van der Waals surface area contributed by atoms with Crippen LogP contribution in [-0.2, 0) is 10.0 Å². The molecule has 0 aliphatic rings. The lowest BCUT2D eigenvalue weighted by atomic mass is 10.2. The van der Waals surface area contributed by atoms with Gasteiger partial charge < -0.3 is 5.32 Å². The summed E-state index contributed by atoms with van der Waals surface area (Å²) in [7, 11) is -3.76. The van der Waals surface area contributed by atoms with E-state index in [0.717, 1.165) is 10.5 Å². The first-order chi connectivity index (χ1) is 12.8. The number of benzene rings is 3. The molecule has 27 heavy (non-hydrogen) atoms. The molecule has 0 saturated heterocycles. The number of hydrogen-bond acceptors (Lipinski definition) is 3. The molecule has 0 heterocycles. The summed E-state index contributed by atoms with van der Waals surface area (Å²) >= 11 is 3.29. The zero-order chi connectivity index (χ0) is 19.4. The molecule has 0 fully saturated rings. The van der Waals surface area contributed by atoms with Gasteiger partial charge in [0.1, 0.15) is 5.82 Å². The third-order valence-corrected chi connectivity index (χ3v) is 5.53. The van der Waals surface area contributed by atoms with Crippen LogP contribution in [0.3, 0.4) is 0 Å². The van der Waals surface area contributed by atoms with Crippen molar-refractivity contribution < 1.29 is 17.6 Å². The fourth-order valence-corrected chi connectivity index (χ4v) is 3.61. The first-order valence-corrected chi connectivity index (χ1v) is 10.1. The minimum atomic E-state index is -3.76. The summed E-state index contributed by atoms with van der Waals surface area (Å²) in [6, 6.07) is 17.7. The first kappa shape index (κ1) is 19.1. The molecule has 5 nitrogen and oxygen atoms in total. The van der Waals surface area contributed by atoms with Gasteiger partial charge in [-0.2, -0.15) is 0 Å². The van der Waals surface area contributed by atoms with Crippen LogP contribution in [0.5, 0.6) is 0 Å². The maximum absolute atomic E-state index is 13.2. The lowest BCUT2D eigenvalue weighted by molar-refractivity contribution is 0.102. The largest absolute Gasteiger partial charge is 0.322 e. The molecule has 0 atom stereocenters. The van der Waals surface area contributed by atoms with Crippen LogP contribution in [0.15, 0.2) is 82.2 Å². The molecule has 1 amide bonds. The van der Waals surface area contributed by atoms with Gasteiger partial charge in [-0.15, -0.1) is 0 Å². The van der Waals surface area contributed by atoms with Crippen molar-refractivity contribution in [1.29, 1.82) is 0 Å². The number of sulfonamides is 1. The Balaban J connectivity index is 1.72. The van der Waals surface area contributed by atoms with Crippen LogP contribution < -0.4 is 10.0 Å². The topological polar surface area (TPSA) is 75.3 Å². The Labute approximate surface area is 164 Å². The average molecular weight is 449 g/mol. The fourth-order valence-electron chi connectivity index (χ4n) is 2.28. The Morgan fingerprint density at radius 2 is 1.52 bits per heavy atom. The Kier molecular flexibility index (Phi) is 5.57. The van der Waals surface area contributed by atoms with Gasteiger partial charge >= 0.3 is 0 Å². The SMILES string of the molecule is O=C(Nc1ccc(S(=O)(=O)Nc2ccc(Br)cc2)cc1)c1cccc(F)c1. The highest BCUT2D eigenvalue weighted by Gasteiger charge is 2.14. The van der Waals surface area contributed by atoms with Crippen molar-refractivity contribution in [3.05, 3.63) is 88.6 Å². The molecule has 0 bridgehead atoms. The Bertz CT molecular complexity index is 1070. The van der Waals surface area contributed by atoms with Gasteiger partial charge in [0.25, 0.3) is 15.9 Å². The van der Waals surface area contributed by atoms with E-state index in [0.29, 0.717) is 11.4 Å². The third kappa shape index (κ3) is 4.93. The molecular formula is C19H14BrFN2O3S. The van der Waals surface area contributed by atoms with Crippen molar-refractivity contribution in [3.8, 4) is 0 Å². The number of carbonyl (C=O) groups excluding carboxylic acids is 1. The number of anilines is 2. The molecule has 0 aromatic heterocycles. The van der Waals surface area contributed by atoms with Crippen LogP contribution in [-0.4, -0.2) is 14.3 Å². The van der Waals surface area contributed by atoms with Gasteiger partial charge in [0.15, 0.2) is 0 Å². The molecule has 8 heteroatoms. The number of hydrogen-bond donors (Lipinski definition) is 2. The Morgan fingerprint density at radius 1 is 0.889 bits per heavy atom. The summed E-state index contributed by atoms with van der Waals surface area (Å²) in [5.41, 5.74) is 0.997. The normalized spacial score (nSPS) is 11.0. The van der Waals surface area contributed by atoms with Crippen LogP contribution in [0.2, 0.25) is 0 Å². The zero-order valence-electron chi connectivity index (χ0n) is 13.8. The van der Waals surface area contributed by atoms with Crippen molar-refractivity contribution in [2.24, 2.45) is 0 Å². The zero-order valence-corrected chi connectivity index (χ0v) is 16.2. The van der Waals surface area contributed by atoms with Crippen molar-refractivity contribution in [3.63, 3.8) is 0 Å². The van der Waals surface area contributed by atoms with Gasteiger partial charge in [0.05, 0.1) is 4.90 Å². The van der Waals surface area contributed by atoms with Crippen molar-refractivity contribution in [2.45, 2.75) is 4.90 Å². The molecule has 3 aromatic rings. The highest BCUT2D eigenvalue weighted by molar-refractivity contribution is 9.10. The summed E-state index contributed by atoms with van der Waals surface area (Å²) in [6.07, 6.45) is 0. The Morgan fingerprint density at radius 3 is 2.15 bits per heavy atom. The smallest absolute Gasteiger partial charge is 0.261 e. The maximum atomic E-state index is 13.2. The molecule has 0 radical (unpaired) electrons. The van der Waals surface area contributed by atoms with Gasteiger partial charge in [-0.1, -0.05) is 22.0 Å². The van der Waals surface area contributed by atoms with Crippen molar-refractivity contribution in [1.82, 2.24) is 0 Å². The van der Waals surface area contributed by atoms with E-state index in [2.05, 4.69) is 26.0 Å². The quantitative estimate of drug-likeness (QED) is 0.596.